The molecule has 1 aromatic carbocycles. The maximum absolute atomic E-state index is 3.44. The first-order valence-corrected chi connectivity index (χ1v) is 8.73. The third-order valence-electron chi connectivity index (χ3n) is 4.01. The molecule has 112 valence electrons. The third kappa shape index (κ3) is 4.80. The van der Waals surface area contributed by atoms with Crippen LogP contribution in [0.25, 0.3) is 0 Å². The Morgan fingerprint density at radius 3 is 2.70 bits per heavy atom. The molecular weight excluding hydrogens is 264 g/mol. The highest BCUT2D eigenvalue weighted by Gasteiger charge is 2.23. The van der Waals surface area contributed by atoms with E-state index in [9.17, 15) is 0 Å². The van der Waals surface area contributed by atoms with E-state index in [0.29, 0.717) is 4.75 Å². The Labute approximate surface area is 128 Å². The van der Waals surface area contributed by atoms with Crippen molar-refractivity contribution < 1.29 is 0 Å². The van der Waals surface area contributed by atoms with Gasteiger partial charge in [-0.15, -0.1) is 0 Å². The van der Waals surface area contributed by atoms with E-state index < -0.39 is 0 Å². The first kappa shape index (κ1) is 15.9. The Bertz CT molecular complexity index is 417. The van der Waals surface area contributed by atoms with Gasteiger partial charge < -0.3 is 5.32 Å². The van der Waals surface area contributed by atoms with Crippen LogP contribution in [0, 0.1) is 0 Å². The van der Waals surface area contributed by atoms with Crippen molar-refractivity contribution in [3.05, 3.63) is 35.4 Å². The highest BCUT2D eigenvalue weighted by atomic mass is 32.2. The normalized spacial score (nSPS) is 19.8. The SMILES string of the molecule is CCNCc1ccccc1CN1CCSC(C)(C)CC1. The second-order valence-electron chi connectivity index (χ2n) is 6.18. The lowest BCUT2D eigenvalue weighted by Gasteiger charge is -2.23. The summed E-state index contributed by atoms with van der Waals surface area (Å²) in [6.07, 6.45) is 1.28. The maximum atomic E-state index is 3.44. The summed E-state index contributed by atoms with van der Waals surface area (Å²) in [5.41, 5.74) is 2.93. The summed E-state index contributed by atoms with van der Waals surface area (Å²) in [5.74, 6) is 1.25. The summed E-state index contributed by atoms with van der Waals surface area (Å²) in [7, 11) is 0. The molecular formula is C17H28N2S. The van der Waals surface area contributed by atoms with Crippen molar-refractivity contribution in [1.29, 1.82) is 0 Å². The van der Waals surface area contributed by atoms with Crippen molar-refractivity contribution >= 4 is 11.8 Å². The lowest BCUT2D eigenvalue weighted by atomic mass is 10.1. The van der Waals surface area contributed by atoms with Crippen LogP contribution in [-0.4, -0.2) is 35.0 Å². The number of thioether (sulfide) groups is 1. The summed E-state index contributed by atoms with van der Waals surface area (Å²) < 4.78 is 0.442. The van der Waals surface area contributed by atoms with Crippen LogP contribution >= 0.6 is 11.8 Å². The van der Waals surface area contributed by atoms with Gasteiger partial charge in [0, 0.05) is 30.1 Å². The van der Waals surface area contributed by atoms with Crippen LogP contribution in [0.5, 0.6) is 0 Å². The van der Waals surface area contributed by atoms with E-state index in [2.05, 4.69) is 67.0 Å². The molecule has 20 heavy (non-hydrogen) atoms. The first-order chi connectivity index (χ1) is 9.61. The maximum Gasteiger partial charge on any atom is 0.0237 e. The summed E-state index contributed by atoms with van der Waals surface area (Å²) in [6.45, 7) is 12.5. The predicted octanol–water partition coefficient (Wildman–Crippen LogP) is 3.51. The van der Waals surface area contributed by atoms with Crippen LogP contribution in [0.15, 0.2) is 24.3 Å². The molecule has 0 saturated carbocycles. The Morgan fingerprint density at radius 1 is 1.20 bits per heavy atom. The van der Waals surface area contributed by atoms with Gasteiger partial charge in [-0.2, -0.15) is 11.8 Å². The van der Waals surface area contributed by atoms with Gasteiger partial charge in [-0.3, -0.25) is 4.90 Å². The smallest absolute Gasteiger partial charge is 0.0237 e. The molecule has 3 heteroatoms. The number of nitrogens with zero attached hydrogens (tertiary/aromatic N) is 1. The van der Waals surface area contributed by atoms with Gasteiger partial charge in [-0.05, 0) is 30.6 Å². The van der Waals surface area contributed by atoms with Crippen molar-refractivity contribution in [3.8, 4) is 0 Å². The molecule has 0 aromatic heterocycles. The average molecular weight is 292 g/mol. The van der Waals surface area contributed by atoms with Crippen LogP contribution in [-0.2, 0) is 13.1 Å². The van der Waals surface area contributed by atoms with Gasteiger partial charge in [0.2, 0.25) is 0 Å². The molecule has 0 spiro atoms. The number of hydrogen-bond donors (Lipinski definition) is 1. The van der Waals surface area contributed by atoms with E-state index in [1.54, 1.807) is 0 Å². The molecule has 1 fully saturated rings. The number of benzene rings is 1. The van der Waals surface area contributed by atoms with Crippen LogP contribution in [0.1, 0.15) is 38.3 Å². The average Bonchev–Trinajstić information content (AvgIpc) is 2.59. The Hall–Kier alpha value is -0.510. The monoisotopic (exact) mass is 292 g/mol. The molecule has 1 heterocycles. The lowest BCUT2D eigenvalue weighted by Crippen LogP contribution is -2.27. The van der Waals surface area contributed by atoms with Crippen molar-refractivity contribution in [2.45, 2.75) is 45.0 Å². The Balaban J connectivity index is 1.98. The largest absolute Gasteiger partial charge is 0.313 e. The van der Waals surface area contributed by atoms with Crippen LogP contribution in [0.3, 0.4) is 0 Å². The zero-order chi connectivity index (χ0) is 14.4. The lowest BCUT2D eigenvalue weighted by molar-refractivity contribution is 0.275. The fourth-order valence-corrected chi connectivity index (χ4v) is 3.74. The minimum absolute atomic E-state index is 0.442. The van der Waals surface area contributed by atoms with Crippen molar-refractivity contribution in [2.24, 2.45) is 0 Å². The topological polar surface area (TPSA) is 15.3 Å². The van der Waals surface area contributed by atoms with Gasteiger partial charge >= 0.3 is 0 Å². The van der Waals surface area contributed by atoms with Gasteiger partial charge in [-0.25, -0.2) is 0 Å². The van der Waals surface area contributed by atoms with E-state index in [1.807, 2.05) is 0 Å². The molecule has 2 rings (SSSR count). The molecule has 1 aliphatic heterocycles. The zero-order valence-corrected chi connectivity index (χ0v) is 13.9. The van der Waals surface area contributed by atoms with Gasteiger partial charge in [0.05, 0.1) is 0 Å². The zero-order valence-electron chi connectivity index (χ0n) is 13.1. The van der Waals surface area contributed by atoms with Crippen molar-refractivity contribution in [2.75, 3.05) is 25.4 Å². The Morgan fingerprint density at radius 2 is 1.95 bits per heavy atom. The molecule has 0 aliphatic carbocycles. The molecule has 0 atom stereocenters. The standard InChI is InChI=1S/C17H28N2S/c1-4-18-13-15-7-5-6-8-16(15)14-19-10-9-17(2,3)20-12-11-19/h5-8,18H,4,9-14H2,1-3H3. The predicted molar refractivity (Wildman–Crippen MR) is 90.3 cm³/mol. The summed E-state index contributed by atoms with van der Waals surface area (Å²) >= 11 is 2.12. The van der Waals surface area contributed by atoms with E-state index >= 15 is 0 Å². The van der Waals surface area contributed by atoms with E-state index in [4.69, 9.17) is 0 Å². The molecule has 1 saturated heterocycles. The van der Waals surface area contributed by atoms with Crippen molar-refractivity contribution in [1.82, 2.24) is 10.2 Å². The van der Waals surface area contributed by atoms with Crippen LogP contribution < -0.4 is 5.32 Å². The fraction of sp³-hybridized carbons (Fsp3) is 0.647. The van der Waals surface area contributed by atoms with Crippen molar-refractivity contribution in [3.63, 3.8) is 0 Å². The molecule has 0 bridgehead atoms. The molecule has 0 amide bonds. The summed E-state index contributed by atoms with van der Waals surface area (Å²) in [4.78, 5) is 2.62. The second-order valence-corrected chi connectivity index (χ2v) is 7.99. The van der Waals surface area contributed by atoms with E-state index in [-0.39, 0.29) is 0 Å². The molecule has 1 aliphatic rings. The molecule has 2 nitrogen and oxygen atoms in total. The third-order valence-corrected chi connectivity index (χ3v) is 5.38. The number of nitrogens with one attached hydrogen (secondary N) is 1. The minimum atomic E-state index is 0.442. The quantitative estimate of drug-likeness (QED) is 0.894. The Kier molecular flexibility index (Phi) is 5.94. The fourth-order valence-electron chi connectivity index (χ4n) is 2.61. The minimum Gasteiger partial charge on any atom is -0.313 e. The second kappa shape index (κ2) is 7.48. The highest BCUT2D eigenvalue weighted by molar-refractivity contribution is 8.00. The van der Waals surface area contributed by atoms with E-state index in [0.717, 1.165) is 19.6 Å². The number of hydrogen-bond acceptors (Lipinski definition) is 3. The summed E-state index contributed by atoms with van der Waals surface area (Å²) in [5, 5.41) is 3.44. The first-order valence-electron chi connectivity index (χ1n) is 7.74. The summed E-state index contributed by atoms with van der Waals surface area (Å²) in [6, 6.07) is 8.86. The van der Waals surface area contributed by atoms with Gasteiger partial charge in [0.1, 0.15) is 0 Å². The molecule has 0 unspecified atom stereocenters. The molecule has 1 N–H and O–H groups in total. The van der Waals surface area contributed by atoms with Crippen LogP contribution in [0.4, 0.5) is 0 Å². The van der Waals surface area contributed by atoms with Crippen LogP contribution in [0.2, 0.25) is 0 Å². The molecule has 1 aromatic rings. The van der Waals surface area contributed by atoms with Gasteiger partial charge in [-0.1, -0.05) is 45.0 Å². The van der Waals surface area contributed by atoms with Gasteiger partial charge in [0.25, 0.3) is 0 Å². The van der Waals surface area contributed by atoms with E-state index in [1.165, 1.54) is 36.4 Å². The number of rotatable bonds is 5. The van der Waals surface area contributed by atoms with Gasteiger partial charge in [0.15, 0.2) is 0 Å². The molecule has 0 radical (unpaired) electrons. The highest BCUT2D eigenvalue weighted by Crippen LogP contribution is 2.31.